The van der Waals surface area contributed by atoms with Crippen LogP contribution in [0.3, 0.4) is 0 Å². The van der Waals surface area contributed by atoms with E-state index in [-0.39, 0.29) is 5.92 Å². The second-order valence-electron chi connectivity index (χ2n) is 5.83. The minimum atomic E-state index is 0.172. The van der Waals surface area contributed by atoms with Crippen LogP contribution in [0.1, 0.15) is 26.7 Å². The van der Waals surface area contributed by atoms with Gasteiger partial charge in [0.2, 0.25) is 5.91 Å². The molecule has 5 heteroatoms. The predicted octanol–water partition coefficient (Wildman–Crippen LogP) is 0.886. The van der Waals surface area contributed by atoms with E-state index in [1.165, 1.54) is 0 Å². The third-order valence-electron chi connectivity index (χ3n) is 4.37. The van der Waals surface area contributed by atoms with Crippen LogP contribution in [0.2, 0.25) is 0 Å². The Morgan fingerprint density at radius 2 is 2.00 bits per heavy atom. The predicted molar refractivity (Wildman–Crippen MR) is 77.6 cm³/mol. The summed E-state index contributed by atoms with van der Waals surface area (Å²) in [4.78, 5) is 14.5. The van der Waals surface area contributed by atoms with Gasteiger partial charge in [0.15, 0.2) is 0 Å². The van der Waals surface area contributed by atoms with Gasteiger partial charge in [0, 0.05) is 26.2 Å². The number of hydrogen-bond acceptors (Lipinski definition) is 4. The standard InChI is InChI=1S/C15H28N2O3/c1-3-19-8-9-20-13-4-6-17(7-5-13)15(18)14-11-16-10-12(14)2/h12-14,16H,3-11H2,1-2H3. The van der Waals surface area contributed by atoms with Crippen LogP contribution in [-0.4, -0.2) is 62.9 Å². The van der Waals surface area contributed by atoms with Crippen molar-refractivity contribution in [2.45, 2.75) is 32.8 Å². The molecule has 2 heterocycles. The molecule has 0 bridgehead atoms. The fraction of sp³-hybridized carbons (Fsp3) is 0.933. The van der Waals surface area contributed by atoms with Crippen molar-refractivity contribution < 1.29 is 14.3 Å². The second-order valence-corrected chi connectivity index (χ2v) is 5.83. The minimum Gasteiger partial charge on any atom is -0.379 e. The van der Waals surface area contributed by atoms with Gasteiger partial charge in [-0.2, -0.15) is 0 Å². The summed E-state index contributed by atoms with van der Waals surface area (Å²) in [5.41, 5.74) is 0. The molecular weight excluding hydrogens is 256 g/mol. The zero-order valence-electron chi connectivity index (χ0n) is 12.8. The Balaban J connectivity index is 1.67. The first kappa shape index (κ1) is 15.7. The summed E-state index contributed by atoms with van der Waals surface area (Å²) in [7, 11) is 0. The topological polar surface area (TPSA) is 50.8 Å². The van der Waals surface area contributed by atoms with E-state index in [2.05, 4.69) is 12.2 Å². The van der Waals surface area contributed by atoms with Crippen LogP contribution in [0, 0.1) is 11.8 Å². The maximum absolute atomic E-state index is 12.4. The second kappa shape index (κ2) is 7.96. The Labute approximate surface area is 122 Å². The van der Waals surface area contributed by atoms with Crippen LogP contribution in [0.4, 0.5) is 0 Å². The molecule has 2 unspecified atom stereocenters. The molecule has 0 aromatic rings. The van der Waals surface area contributed by atoms with Gasteiger partial charge in [-0.15, -0.1) is 0 Å². The molecule has 116 valence electrons. The third-order valence-corrected chi connectivity index (χ3v) is 4.37. The fourth-order valence-corrected chi connectivity index (χ4v) is 3.04. The van der Waals surface area contributed by atoms with Crippen LogP contribution >= 0.6 is 0 Å². The summed E-state index contributed by atoms with van der Waals surface area (Å²) >= 11 is 0. The van der Waals surface area contributed by atoms with E-state index in [0.717, 1.165) is 45.6 Å². The summed E-state index contributed by atoms with van der Waals surface area (Å²) in [5, 5.41) is 3.30. The van der Waals surface area contributed by atoms with Crippen molar-refractivity contribution in [1.29, 1.82) is 0 Å². The minimum absolute atomic E-state index is 0.172. The smallest absolute Gasteiger partial charge is 0.227 e. The SMILES string of the molecule is CCOCCOC1CCN(C(=O)C2CNCC2C)CC1. The largest absolute Gasteiger partial charge is 0.379 e. The Hall–Kier alpha value is -0.650. The monoisotopic (exact) mass is 284 g/mol. The van der Waals surface area contributed by atoms with E-state index in [4.69, 9.17) is 9.47 Å². The molecule has 0 aliphatic carbocycles. The van der Waals surface area contributed by atoms with Gasteiger partial charge in [0.25, 0.3) is 0 Å². The highest BCUT2D eigenvalue weighted by Crippen LogP contribution is 2.22. The lowest BCUT2D eigenvalue weighted by Gasteiger charge is -2.34. The van der Waals surface area contributed by atoms with E-state index in [1.807, 2.05) is 11.8 Å². The van der Waals surface area contributed by atoms with Crippen molar-refractivity contribution in [3.8, 4) is 0 Å². The summed E-state index contributed by atoms with van der Waals surface area (Å²) in [5.74, 6) is 0.961. The van der Waals surface area contributed by atoms with Crippen molar-refractivity contribution in [1.82, 2.24) is 10.2 Å². The molecule has 5 nitrogen and oxygen atoms in total. The van der Waals surface area contributed by atoms with Crippen molar-refractivity contribution >= 4 is 5.91 Å². The fourth-order valence-electron chi connectivity index (χ4n) is 3.04. The van der Waals surface area contributed by atoms with Crippen LogP contribution in [-0.2, 0) is 14.3 Å². The van der Waals surface area contributed by atoms with E-state index < -0.39 is 0 Å². The average Bonchev–Trinajstić information content (AvgIpc) is 2.90. The lowest BCUT2D eigenvalue weighted by Crippen LogP contribution is -2.45. The molecule has 0 spiro atoms. The first-order valence-corrected chi connectivity index (χ1v) is 7.91. The first-order chi connectivity index (χ1) is 9.72. The molecule has 2 atom stereocenters. The average molecular weight is 284 g/mol. The number of nitrogens with zero attached hydrogens (tertiary/aromatic N) is 1. The van der Waals surface area contributed by atoms with Crippen LogP contribution < -0.4 is 5.32 Å². The van der Waals surface area contributed by atoms with Gasteiger partial charge < -0.3 is 19.7 Å². The molecule has 2 aliphatic heterocycles. The van der Waals surface area contributed by atoms with Gasteiger partial charge >= 0.3 is 0 Å². The number of hydrogen-bond donors (Lipinski definition) is 1. The van der Waals surface area contributed by atoms with Crippen LogP contribution in [0.5, 0.6) is 0 Å². The maximum Gasteiger partial charge on any atom is 0.227 e. The zero-order valence-corrected chi connectivity index (χ0v) is 12.8. The first-order valence-electron chi connectivity index (χ1n) is 7.91. The van der Waals surface area contributed by atoms with Crippen molar-refractivity contribution in [3.05, 3.63) is 0 Å². The number of carbonyl (C=O) groups is 1. The summed E-state index contributed by atoms with van der Waals surface area (Å²) in [6.45, 7) is 9.69. The van der Waals surface area contributed by atoms with E-state index in [1.54, 1.807) is 0 Å². The number of amides is 1. The maximum atomic E-state index is 12.4. The molecule has 2 aliphatic rings. The lowest BCUT2D eigenvalue weighted by molar-refractivity contribution is -0.138. The molecule has 20 heavy (non-hydrogen) atoms. The van der Waals surface area contributed by atoms with Crippen molar-refractivity contribution in [3.63, 3.8) is 0 Å². The Bertz CT molecular complexity index is 303. The Morgan fingerprint density at radius 1 is 1.25 bits per heavy atom. The lowest BCUT2D eigenvalue weighted by atomic mass is 9.95. The molecule has 2 rings (SSSR count). The van der Waals surface area contributed by atoms with Gasteiger partial charge in [0.1, 0.15) is 0 Å². The Morgan fingerprint density at radius 3 is 2.60 bits per heavy atom. The molecular formula is C15H28N2O3. The molecule has 0 aromatic heterocycles. The van der Waals surface area contributed by atoms with Crippen molar-refractivity contribution in [2.75, 3.05) is 46.0 Å². The van der Waals surface area contributed by atoms with E-state index >= 15 is 0 Å². The van der Waals surface area contributed by atoms with Gasteiger partial charge in [-0.25, -0.2) is 0 Å². The van der Waals surface area contributed by atoms with Gasteiger partial charge in [-0.1, -0.05) is 6.92 Å². The summed E-state index contributed by atoms with van der Waals surface area (Å²) in [6, 6.07) is 0. The number of rotatable bonds is 6. The van der Waals surface area contributed by atoms with Crippen LogP contribution in [0.15, 0.2) is 0 Å². The molecule has 0 saturated carbocycles. The summed E-state index contributed by atoms with van der Waals surface area (Å²) < 4.78 is 11.1. The number of nitrogens with one attached hydrogen (secondary N) is 1. The van der Waals surface area contributed by atoms with Gasteiger partial charge in [-0.05, 0) is 32.2 Å². The number of carbonyl (C=O) groups excluding carboxylic acids is 1. The van der Waals surface area contributed by atoms with Crippen molar-refractivity contribution in [2.24, 2.45) is 11.8 Å². The number of ether oxygens (including phenoxy) is 2. The molecule has 0 aromatic carbocycles. The van der Waals surface area contributed by atoms with E-state index in [9.17, 15) is 4.79 Å². The highest BCUT2D eigenvalue weighted by molar-refractivity contribution is 5.79. The highest BCUT2D eigenvalue weighted by atomic mass is 16.5. The third kappa shape index (κ3) is 4.17. The number of likely N-dealkylation sites (tertiary alicyclic amines) is 1. The van der Waals surface area contributed by atoms with E-state index in [0.29, 0.717) is 31.1 Å². The molecule has 1 N–H and O–H groups in total. The molecule has 2 saturated heterocycles. The quantitative estimate of drug-likeness (QED) is 0.736. The number of piperidine rings is 1. The zero-order chi connectivity index (χ0) is 14.4. The molecule has 0 radical (unpaired) electrons. The molecule has 1 amide bonds. The normalized spacial score (nSPS) is 28.0. The molecule has 2 fully saturated rings. The van der Waals surface area contributed by atoms with Gasteiger partial charge in [-0.3, -0.25) is 4.79 Å². The van der Waals surface area contributed by atoms with Gasteiger partial charge in [0.05, 0.1) is 25.2 Å². The highest BCUT2D eigenvalue weighted by Gasteiger charge is 2.34. The Kier molecular flexibility index (Phi) is 6.26. The summed E-state index contributed by atoms with van der Waals surface area (Å²) in [6.07, 6.45) is 2.19. The van der Waals surface area contributed by atoms with Crippen LogP contribution in [0.25, 0.3) is 0 Å².